The predicted molar refractivity (Wildman–Crippen MR) is 58.0 cm³/mol. The molecule has 0 radical (unpaired) electrons. The summed E-state index contributed by atoms with van der Waals surface area (Å²) in [4.78, 5) is 6.75. The second-order valence-electron chi connectivity index (χ2n) is 3.84. The lowest BCUT2D eigenvalue weighted by atomic mass is 10.1. The molecule has 2 aromatic heterocycles. The van der Waals surface area contributed by atoms with Crippen molar-refractivity contribution < 1.29 is 0 Å². The van der Waals surface area contributed by atoms with Crippen LogP contribution >= 0.6 is 0 Å². The largest absolute Gasteiger partial charge is 0.354 e. The third kappa shape index (κ3) is 1.35. The molecular weight excluding hydrogens is 190 g/mol. The minimum atomic E-state index is 0.572. The molecule has 0 spiro atoms. The summed E-state index contributed by atoms with van der Waals surface area (Å²) in [6.07, 6.45) is 3.71. The quantitative estimate of drug-likeness (QED) is 0.754. The maximum atomic E-state index is 4.54. The molecule has 1 aliphatic rings. The number of nitrogens with zero attached hydrogens (tertiary/aromatic N) is 4. The van der Waals surface area contributed by atoms with Gasteiger partial charge in [0.15, 0.2) is 5.65 Å². The Kier molecular flexibility index (Phi) is 1.85. The number of nitrogens with one attached hydrogen (secondary N) is 1. The van der Waals surface area contributed by atoms with Gasteiger partial charge in [-0.1, -0.05) is 0 Å². The molecule has 15 heavy (non-hydrogen) atoms. The van der Waals surface area contributed by atoms with E-state index in [0.717, 1.165) is 24.6 Å². The van der Waals surface area contributed by atoms with Gasteiger partial charge in [-0.15, -0.1) is 0 Å². The van der Waals surface area contributed by atoms with E-state index in [2.05, 4.69) is 27.3 Å². The Morgan fingerprint density at radius 1 is 1.47 bits per heavy atom. The zero-order valence-corrected chi connectivity index (χ0v) is 8.59. The van der Waals surface area contributed by atoms with Gasteiger partial charge in [0, 0.05) is 32.4 Å². The van der Waals surface area contributed by atoms with E-state index in [1.54, 1.807) is 10.7 Å². The molecule has 1 saturated heterocycles. The van der Waals surface area contributed by atoms with Crippen LogP contribution < -0.4 is 10.2 Å². The minimum absolute atomic E-state index is 0.572. The van der Waals surface area contributed by atoms with Crippen LogP contribution in [0.25, 0.3) is 5.65 Å². The minimum Gasteiger partial charge on any atom is -0.354 e. The lowest BCUT2D eigenvalue weighted by Gasteiger charge is -2.36. The van der Waals surface area contributed by atoms with Crippen LogP contribution in [0.1, 0.15) is 0 Å². The van der Waals surface area contributed by atoms with Gasteiger partial charge in [-0.3, -0.25) is 0 Å². The van der Waals surface area contributed by atoms with Crippen molar-refractivity contribution in [2.45, 2.75) is 6.04 Å². The van der Waals surface area contributed by atoms with E-state index in [0.29, 0.717) is 6.04 Å². The normalized spacial score (nSPS) is 16.6. The summed E-state index contributed by atoms with van der Waals surface area (Å²) in [7, 11) is 2.08. The molecule has 1 fully saturated rings. The summed E-state index contributed by atoms with van der Waals surface area (Å²) >= 11 is 0. The van der Waals surface area contributed by atoms with Crippen LogP contribution in [-0.4, -0.2) is 40.8 Å². The summed E-state index contributed by atoms with van der Waals surface area (Å²) in [5.41, 5.74) is 0.895. The molecule has 0 aliphatic carbocycles. The fourth-order valence-electron chi connectivity index (χ4n) is 1.73. The summed E-state index contributed by atoms with van der Waals surface area (Å²) in [6, 6.07) is 4.48. The van der Waals surface area contributed by atoms with Crippen molar-refractivity contribution >= 4 is 11.5 Å². The van der Waals surface area contributed by atoms with E-state index in [9.17, 15) is 0 Å². The molecular formula is C10H13N5. The van der Waals surface area contributed by atoms with Crippen molar-refractivity contribution in [3.05, 3.63) is 24.5 Å². The first-order valence-corrected chi connectivity index (χ1v) is 5.08. The van der Waals surface area contributed by atoms with Gasteiger partial charge in [0.25, 0.3) is 0 Å². The first kappa shape index (κ1) is 8.67. The van der Waals surface area contributed by atoms with Crippen molar-refractivity contribution in [1.82, 2.24) is 19.9 Å². The van der Waals surface area contributed by atoms with Crippen LogP contribution in [0.5, 0.6) is 0 Å². The highest BCUT2D eigenvalue weighted by atomic mass is 15.3. The first-order chi connectivity index (χ1) is 7.34. The van der Waals surface area contributed by atoms with Crippen molar-refractivity contribution in [2.75, 3.05) is 25.0 Å². The van der Waals surface area contributed by atoms with Gasteiger partial charge in [-0.2, -0.15) is 5.10 Å². The van der Waals surface area contributed by atoms with Gasteiger partial charge >= 0.3 is 0 Å². The van der Waals surface area contributed by atoms with Crippen molar-refractivity contribution in [3.63, 3.8) is 0 Å². The molecule has 0 atom stereocenters. The first-order valence-electron chi connectivity index (χ1n) is 5.08. The summed E-state index contributed by atoms with van der Waals surface area (Å²) in [5, 5.41) is 7.38. The van der Waals surface area contributed by atoms with E-state index in [1.165, 1.54) is 0 Å². The number of anilines is 1. The van der Waals surface area contributed by atoms with Crippen molar-refractivity contribution in [2.24, 2.45) is 0 Å². The van der Waals surface area contributed by atoms with Gasteiger partial charge < -0.3 is 10.2 Å². The molecule has 0 unspecified atom stereocenters. The molecule has 0 amide bonds. The SMILES string of the molecule is CN(c1ccn2nccc2n1)C1CNC1. The number of aromatic nitrogens is 3. The van der Waals surface area contributed by atoms with Gasteiger partial charge in [0.05, 0.1) is 12.2 Å². The highest BCUT2D eigenvalue weighted by Crippen LogP contribution is 2.14. The Hall–Kier alpha value is -1.62. The molecule has 78 valence electrons. The van der Waals surface area contributed by atoms with Crippen molar-refractivity contribution in [3.8, 4) is 0 Å². The van der Waals surface area contributed by atoms with Gasteiger partial charge in [-0.25, -0.2) is 9.50 Å². The molecule has 5 nitrogen and oxygen atoms in total. The van der Waals surface area contributed by atoms with Gasteiger partial charge in [0.1, 0.15) is 5.82 Å². The Labute approximate surface area is 87.7 Å². The zero-order valence-electron chi connectivity index (χ0n) is 8.59. The fourth-order valence-corrected chi connectivity index (χ4v) is 1.73. The van der Waals surface area contributed by atoms with E-state index in [-0.39, 0.29) is 0 Å². The number of hydrogen-bond donors (Lipinski definition) is 1. The molecule has 3 heterocycles. The highest BCUT2D eigenvalue weighted by Gasteiger charge is 2.22. The van der Waals surface area contributed by atoms with Crippen LogP contribution in [-0.2, 0) is 0 Å². The number of rotatable bonds is 2. The third-order valence-corrected chi connectivity index (χ3v) is 2.91. The van der Waals surface area contributed by atoms with Crippen LogP contribution in [0.4, 0.5) is 5.82 Å². The van der Waals surface area contributed by atoms with Gasteiger partial charge in [-0.05, 0) is 6.07 Å². The highest BCUT2D eigenvalue weighted by molar-refractivity contribution is 5.47. The Morgan fingerprint density at radius 3 is 3.07 bits per heavy atom. The Balaban J connectivity index is 1.95. The molecule has 0 bridgehead atoms. The number of fused-ring (bicyclic) bond motifs is 1. The standard InChI is InChI=1S/C10H13N5/c1-14(8-6-11-7-8)9-3-5-15-10(13-9)2-4-12-15/h2-5,8,11H,6-7H2,1H3. The van der Waals surface area contributed by atoms with Gasteiger partial charge in [0.2, 0.25) is 0 Å². The smallest absolute Gasteiger partial charge is 0.157 e. The van der Waals surface area contributed by atoms with E-state index >= 15 is 0 Å². The predicted octanol–water partition coefficient (Wildman–Crippen LogP) is 0.137. The molecule has 1 N–H and O–H groups in total. The van der Waals surface area contributed by atoms with Crippen molar-refractivity contribution in [1.29, 1.82) is 0 Å². The second-order valence-corrected chi connectivity index (χ2v) is 3.84. The topological polar surface area (TPSA) is 45.5 Å². The molecule has 2 aromatic rings. The second kappa shape index (κ2) is 3.20. The zero-order chi connectivity index (χ0) is 10.3. The summed E-state index contributed by atoms with van der Waals surface area (Å²) in [6.45, 7) is 2.09. The van der Waals surface area contributed by atoms with E-state index in [1.807, 2.05) is 18.3 Å². The molecule has 5 heteroatoms. The maximum Gasteiger partial charge on any atom is 0.157 e. The Bertz CT molecular complexity index is 473. The lowest BCUT2D eigenvalue weighted by Crippen LogP contribution is -2.56. The van der Waals surface area contributed by atoms with Crippen LogP contribution in [0.15, 0.2) is 24.5 Å². The number of likely N-dealkylation sites (N-methyl/N-ethyl adjacent to an activating group) is 1. The molecule has 1 aliphatic heterocycles. The maximum absolute atomic E-state index is 4.54. The molecule has 0 aromatic carbocycles. The average molecular weight is 203 g/mol. The van der Waals surface area contributed by atoms with Crippen LogP contribution in [0, 0.1) is 0 Å². The fraction of sp³-hybridized carbons (Fsp3) is 0.400. The van der Waals surface area contributed by atoms with Crippen LogP contribution in [0.2, 0.25) is 0 Å². The van der Waals surface area contributed by atoms with E-state index < -0.39 is 0 Å². The Morgan fingerprint density at radius 2 is 2.33 bits per heavy atom. The average Bonchev–Trinajstić information content (AvgIpc) is 2.61. The van der Waals surface area contributed by atoms with Crippen LogP contribution in [0.3, 0.4) is 0 Å². The van der Waals surface area contributed by atoms with E-state index in [4.69, 9.17) is 0 Å². The molecule has 0 saturated carbocycles. The third-order valence-electron chi connectivity index (χ3n) is 2.91. The summed E-state index contributed by atoms with van der Waals surface area (Å²) in [5.74, 6) is 1.01. The molecule has 3 rings (SSSR count). The number of hydrogen-bond acceptors (Lipinski definition) is 4. The lowest BCUT2D eigenvalue weighted by molar-refractivity contribution is 0.427. The monoisotopic (exact) mass is 203 g/mol. The summed E-state index contributed by atoms with van der Waals surface area (Å²) < 4.78 is 1.77.